The van der Waals surface area contributed by atoms with Crippen molar-refractivity contribution in [2.75, 3.05) is 6.26 Å². The van der Waals surface area contributed by atoms with Crippen LogP contribution in [0, 0.1) is 17.7 Å². The molecule has 0 aliphatic carbocycles. The summed E-state index contributed by atoms with van der Waals surface area (Å²) in [4.78, 5) is 14.7. The number of carboxylic acids is 1. The van der Waals surface area contributed by atoms with Crippen LogP contribution in [0.15, 0.2) is 76.1 Å². The Morgan fingerprint density at radius 1 is 1.07 bits per heavy atom. The third-order valence-electron chi connectivity index (χ3n) is 3.75. The van der Waals surface area contributed by atoms with E-state index >= 15 is 0 Å². The van der Waals surface area contributed by atoms with Gasteiger partial charge in [-0.25, -0.2) is 18.4 Å². The number of hydrogen-bond donors (Lipinski definition) is 1. The monoisotopic (exact) mass is 394 g/mol. The molecular formula is C21H15FN2O3S. The number of aromatic nitrogens is 1. The van der Waals surface area contributed by atoms with Gasteiger partial charge in [-0.2, -0.15) is 4.36 Å². The Balaban J connectivity index is 2.00. The van der Waals surface area contributed by atoms with Crippen molar-refractivity contribution >= 4 is 21.4 Å². The van der Waals surface area contributed by atoms with Gasteiger partial charge in [0.2, 0.25) is 0 Å². The molecule has 5 nitrogen and oxygen atoms in total. The number of benzene rings is 2. The second-order valence-corrected chi connectivity index (χ2v) is 8.06. The van der Waals surface area contributed by atoms with Gasteiger partial charge in [0.15, 0.2) is 0 Å². The van der Waals surface area contributed by atoms with E-state index in [2.05, 4.69) is 21.2 Å². The second kappa shape index (κ2) is 8.03. The molecule has 1 N–H and O–H groups in total. The van der Waals surface area contributed by atoms with Gasteiger partial charge >= 0.3 is 5.97 Å². The molecule has 7 heteroatoms. The van der Waals surface area contributed by atoms with Crippen molar-refractivity contribution in [1.82, 2.24) is 4.98 Å². The zero-order valence-electron chi connectivity index (χ0n) is 14.8. The van der Waals surface area contributed by atoms with Crippen LogP contribution in [-0.2, 0) is 9.73 Å². The number of rotatable bonds is 3. The van der Waals surface area contributed by atoms with Crippen LogP contribution >= 0.6 is 0 Å². The average Bonchev–Trinajstić information content (AvgIpc) is 2.67. The van der Waals surface area contributed by atoms with Crippen molar-refractivity contribution < 1.29 is 18.5 Å². The summed E-state index contributed by atoms with van der Waals surface area (Å²) in [6.07, 6.45) is 2.74. The largest absolute Gasteiger partial charge is 0.477 e. The fraction of sp³-hybridized carbons (Fsp3) is 0.0476. The molecule has 28 heavy (non-hydrogen) atoms. The molecule has 0 saturated heterocycles. The first kappa shape index (κ1) is 19.3. The van der Waals surface area contributed by atoms with Crippen LogP contribution in [0.3, 0.4) is 0 Å². The van der Waals surface area contributed by atoms with E-state index in [9.17, 15) is 13.4 Å². The summed E-state index contributed by atoms with van der Waals surface area (Å²) in [6, 6.07) is 15.6. The van der Waals surface area contributed by atoms with Gasteiger partial charge in [-0.3, -0.25) is 0 Å². The van der Waals surface area contributed by atoms with Crippen molar-refractivity contribution in [2.24, 2.45) is 4.36 Å². The molecule has 0 saturated carbocycles. The van der Waals surface area contributed by atoms with E-state index in [4.69, 9.17) is 5.11 Å². The van der Waals surface area contributed by atoms with Gasteiger partial charge in [0.05, 0.1) is 25.9 Å². The van der Waals surface area contributed by atoms with E-state index < -0.39 is 21.5 Å². The van der Waals surface area contributed by atoms with E-state index in [1.165, 1.54) is 36.7 Å². The number of hydrogen-bond acceptors (Lipinski definition) is 4. The number of carbonyl (C=O) groups is 1. The van der Waals surface area contributed by atoms with E-state index in [1.807, 2.05) is 0 Å². The predicted molar refractivity (Wildman–Crippen MR) is 104 cm³/mol. The van der Waals surface area contributed by atoms with Gasteiger partial charge in [0.1, 0.15) is 11.5 Å². The molecule has 0 fully saturated rings. The van der Waals surface area contributed by atoms with Crippen LogP contribution in [-0.4, -0.2) is 26.5 Å². The lowest BCUT2D eigenvalue weighted by molar-refractivity contribution is 0.0690. The fourth-order valence-electron chi connectivity index (χ4n) is 2.38. The summed E-state index contributed by atoms with van der Waals surface area (Å²) in [6.45, 7) is 0. The van der Waals surface area contributed by atoms with Gasteiger partial charge in [-0.15, -0.1) is 0 Å². The molecule has 0 radical (unpaired) electrons. The lowest BCUT2D eigenvalue weighted by atomic mass is 10.1. The van der Waals surface area contributed by atoms with Crippen LogP contribution in [0.25, 0.3) is 0 Å². The molecule has 0 amide bonds. The highest BCUT2D eigenvalue weighted by Crippen LogP contribution is 2.24. The highest BCUT2D eigenvalue weighted by Gasteiger charge is 2.12. The SMILES string of the molecule is CS(=O)(=Nc1ccccc1C#Cc1ccc(C(=O)O)nc1)c1ccccc1F. The van der Waals surface area contributed by atoms with Crippen molar-refractivity contribution in [1.29, 1.82) is 0 Å². The lowest BCUT2D eigenvalue weighted by Gasteiger charge is -2.06. The number of aromatic carboxylic acids is 1. The molecule has 1 heterocycles. The summed E-state index contributed by atoms with van der Waals surface area (Å²) in [5.74, 6) is 4.10. The first-order valence-electron chi connectivity index (χ1n) is 8.14. The molecule has 0 aliphatic rings. The van der Waals surface area contributed by atoms with E-state index in [-0.39, 0.29) is 10.6 Å². The van der Waals surface area contributed by atoms with Crippen molar-refractivity contribution in [2.45, 2.75) is 4.90 Å². The van der Waals surface area contributed by atoms with E-state index in [0.29, 0.717) is 16.8 Å². The molecular weight excluding hydrogens is 379 g/mol. The highest BCUT2D eigenvalue weighted by atomic mass is 32.2. The summed E-state index contributed by atoms with van der Waals surface area (Å²) in [7, 11) is -3.01. The van der Waals surface area contributed by atoms with Crippen LogP contribution in [0.2, 0.25) is 0 Å². The van der Waals surface area contributed by atoms with Gasteiger partial charge < -0.3 is 5.11 Å². The van der Waals surface area contributed by atoms with Gasteiger partial charge in [0.25, 0.3) is 0 Å². The Labute approximate surface area is 162 Å². The minimum atomic E-state index is -3.01. The minimum absolute atomic E-state index is 0.0335. The number of nitrogens with zero attached hydrogens (tertiary/aromatic N) is 2. The Hall–Kier alpha value is -3.50. The molecule has 3 aromatic rings. The Bertz CT molecular complexity index is 1220. The Morgan fingerprint density at radius 2 is 1.79 bits per heavy atom. The van der Waals surface area contributed by atoms with Crippen LogP contribution < -0.4 is 0 Å². The normalized spacial score (nSPS) is 12.4. The Morgan fingerprint density at radius 3 is 2.46 bits per heavy atom. The lowest BCUT2D eigenvalue weighted by Crippen LogP contribution is -2.00. The third kappa shape index (κ3) is 4.42. The molecule has 0 bridgehead atoms. The molecule has 0 spiro atoms. The fourth-order valence-corrected chi connectivity index (χ4v) is 3.78. The van der Waals surface area contributed by atoms with Crippen LogP contribution in [0.1, 0.15) is 21.6 Å². The topological polar surface area (TPSA) is 79.6 Å². The smallest absolute Gasteiger partial charge is 0.354 e. The van der Waals surface area contributed by atoms with Crippen molar-refractivity contribution in [3.63, 3.8) is 0 Å². The average molecular weight is 394 g/mol. The molecule has 140 valence electrons. The minimum Gasteiger partial charge on any atom is -0.477 e. The zero-order chi connectivity index (χ0) is 20.1. The highest BCUT2D eigenvalue weighted by molar-refractivity contribution is 7.93. The maximum absolute atomic E-state index is 14.0. The van der Waals surface area contributed by atoms with Crippen LogP contribution in [0.5, 0.6) is 0 Å². The number of halogens is 1. The second-order valence-electron chi connectivity index (χ2n) is 5.83. The van der Waals surface area contributed by atoms with Crippen molar-refractivity contribution in [3.8, 4) is 11.8 Å². The molecule has 1 aromatic heterocycles. The number of pyridine rings is 1. The Kier molecular flexibility index (Phi) is 5.52. The summed E-state index contributed by atoms with van der Waals surface area (Å²) < 4.78 is 31.3. The third-order valence-corrected chi connectivity index (χ3v) is 5.44. The summed E-state index contributed by atoms with van der Waals surface area (Å²) in [5, 5.41) is 8.88. The molecule has 1 unspecified atom stereocenters. The zero-order valence-corrected chi connectivity index (χ0v) is 15.6. The number of carboxylic acid groups (broad SMARTS) is 1. The van der Waals surface area contributed by atoms with Gasteiger partial charge in [-0.1, -0.05) is 36.1 Å². The maximum atomic E-state index is 14.0. The predicted octanol–water partition coefficient (Wildman–Crippen LogP) is 4.11. The summed E-state index contributed by atoms with van der Waals surface area (Å²) >= 11 is 0. The molecule has 1 atom stereocenters. The summed E-state index contributed by atoms with van der Waals surface area (Å²) in [5.41, 5.74) is 1.33. The standard InChI is InChI=1S/C21H15FN2O3S/c1-28(27,20-9-5-3-7-17(20)22)24-18-8-4-2-6-16(18)12-10-15-11-13-19(21(25)26)23-14-15/h2-9,11,13-14H,1H3,(H,25,26). The first-order valence-corrected chi connectivity index (χ1v) is 10.1. The van der Waals surface area contributed by atoms with Crippen LogP contribution in [0.4, 0.5) is 10.1 Å². The first-order chi connectivity index (χ1) is 13.4. The quantitative estimate of drug-likeness (QED) is 0.678. The van der Waals surface area contributed by atoms with E-state index in [0.717, 1.165) is 0 Å². The van der Waals surface area contributed by atoms with Gasteiger partial charge in [0, 0.05) is 18.0 Å². The van der Waals surface area contributed by atoms with E-state index in [1.54, 1.807) is 36.4 Å². The molecule has 0 aliphatic heterocycles. The molecule has 2 aromatic carbocycles. The van der Waals surface area contributed by atoms with Crippen molar-refractivity contribution in [3.05, 3.63) is 89.5 Å². The van der Waals surface area contributed by atoms with Gasteiger partial charge in [-0.05, 0) is 36.4 Å². The maximum Gasteiger partial charge on any atom is 0.354 e. The molecule has 3 rings (SSSR count).